The Morgan fingerprint density at radius 1 is 0.510 bits per heavy atom. The molecule has 5 heterocycles. The topological polar surface area (TPSA) is 203 Å². The molecule has 3 aromatic heterocycles. The molecule has 0 amide bonds. The van der Waals surface area contributed by atoms with Crippen molar-refractivity contribution in [2.75, 3.05) is 0 Å². The summed E-state index contributed by atoms with van der Waals surface area (Å²) in [4.78, 5) is 65.9. The molecule has 0 fully saturated rings. The number of carboxylic acids is 4. The van der Waals surface area contributed by atoms with Crippen molar-refractivity contribution in [2.24, 2.45) is 0 Å². The summed E-state index contributed by atoms with van der Waals surface area (Å²) in [6, 6.07) is 7.14. The number of carboxylic acid groups (broad SMARTS) is 4. The van der Waals surface area contributed by atoms with Gasteiger partial charge in [-0.2, -0.15) is 0 Å². The minimum atomic E-state index is -0.954. The fourth-order valence-electron chi connectivity index (χ4n) is 6.26. The Kier molecular flexibility index (Phi) is 11.6. The first kappa shape index (κ1) is 37.2. The smallest absolute Gasteiger partial charge is 0.657 e. The summed E-state index contributed by atoms with van der Waals surface area (Å²) in [6.45, 7) is 7.43. The summed E-state index contributed by atoms with van der Waals surface area (Å²) in [5, 5.41) is 37.9. The Hall–Kier alpha value is -4.60. The van der Waals surface area contributed by atoms with Gasteiger partial charge in [0.25, 0.3) is 0 Å². The van der Waals surface area contributed by atoms with Gasteiger partial charge in [-0.25, -0.2) is 9.97 Å². The predicted molar refractivity (Wildman–Crippen MR) is 179 cm³/mol. The molecule has 2 aliphatic heterocycles. The van der Waals surface area contributed by atoms with Gasteiger partial charge in [-0.15, -0.1) is 22.1 Å². The third kappa shape index (κ3) is 8.17. The number of rotatable bonds is 12. The molecular formula is C36H36CdN4O8. The van der Waals surface area contributed by atoms with Crippen molar-refractivity contribution in [3.63, 3.8) is 0 Å². The molecule has 4 N–H and O–H groups in total. The van der Waals surface area contributed by atoms with Gasteiger partial charge in [0.1, 0.15) is 0 Å². The van der Waals surface area contributed by atoms with Gasteiger partial charge in [0.2, 0.25) is 0 Å². The standard InChI is InChI=1S/C36H38N4O8.Cd/c1-17-21(5-9-33(41)42)29-14-26-19(3)23(7-11-35(45)46)31(39-26)16-28-20(4)24(8-12-36(47)48)32(40-28)15-27-18(2)22(6-10-34(43)44)30(38-27)13-25(17)37-29;/h13-16H,5-12H2,1-4H3,(H6,37,38,39,40,41,42,43,44,45,46,47,48);/q;+2/p-2. The normalized spacial score (nSPS) is 12.7. The Morgan fingerprint density at radius 3 is 1.14 bits per heavy atom. The number of aryl methyl sites for hydroxylation is 4. The van der Waals surface area contributed by atoms with Crippen LogP contribution in [0.1, 0.15) is 97.4 Å². The summed E-state index contributed by atoms with van der Waals surface area (Å²) in [5.41, 5.74) is 10.3. The van der Waals surface area contributed by atoms with Gasteiger partial charge in [0.15, 0.2) is 0 Å². The van der Waals surface area contributed by atoms with Crippen LogP contribution in [0, 0.1) is 13.8 Å². The van der Waals surface area contributed by atoms with Crippen LogP contribution in [0.4, 0.5) is 0 Å². The number of hydrogen-bond donors (Lipinski definition) is 4. The van der Waals surface area contributed by atoms with Gasteiger partial charge in [-0.1, -0.05) is 46.5 Å². The quantitative estimate of drug-likeness (QED) is 0.161. The fourth-order valence-corrected chi connectivity index (χ4v) is 6.26. The van der Waals surface area contributed by atoms with E-state index in [4.69, 9.17) is 19.9 Å². The predicted octanol–water partition coefficient (Wildman–Crippen LogP) is 5.81. The molecule has 8 bridgehead atoms. The average Bonchev–Trinajstić information content (AvgIpc) is 3.66. The second kappa shape index (κ2) is 15.3. The number of allylic oxidation sites excluding steroid dienone is 4. The van der Waals surface area contributed by atoms with Crippen molar-refractivity contribution in [2.45, 2.75) is 79.1 Å². The first-order chi connectivity index (χ1) is 22.7. The zero-order chi connectivity index (χ0) is 34.9. The van der Waals surface area contributed by atoms with Gasteiger partial charge in [-0.05, 0) is 75.7 Å². The number of nitrogens with zero attached hydrogens (tertiary/aromatic N) is 4. The van der Waals surface area contributed by atoms with E-state index < -0.39 is 23.9 Å². The van der Waals surface area contributed by atoms with Crippen molar-refractivity contribution < 1.29 is 66.9 Å². The van der Waals surface area contributed by atoms with Crippen molar-refractivity contribution in [3.8, 4) is 0 Å². The van der Waals surface area contributed by atoms with Gasteiger partial charge in [0.05, 0.1) is 22.8 Å². The van der Waals surface area contributed by atoms with E-state index in [-0.39, 0.29) is 78.7 Å². The molecule has 0 saturated carbocycles. The van der Waals surface area contributed by atoms with Gasteiger partial charge < -0.3 is 30.4 Å². The summed E-state index contributed by atoms with van der Waals surface area (Å²) < 4.78 is 0. The zero-order valence-corrected chi connectivity index (χ0v) is 31.9. The van der Waals surface area contributed by atoms with Crippen LogP contribution in [0.25, 0.3) is 44.4 Å². The molecule has 0 saturated heterocycles. The molecule has 0 atom stereocenters. The monoisotopic (exact) mass is 766 g/mol. The molecule has 2 aliphatic rings. The van der Waals surface area contributed by atoms with E-state index in [2.05, 4.69) is 0 Å². The van der Waals surface area contributed by atoms with Crippen LogP contribution >= 0.6 is 0 Å². The van der Waals surface area contributed by atoms with Gasteiger partial charge in [0, 0.05) is 25.7 Å². The van der Waals surface area contributed by atoms with E-state index in [1.807, 2.05) is 27.7 Å². The minimum Gasteiger partial charge on any atom is -0.657 e. The number of fused-ring (bicyclic) bond motifs is 8. The number of aliphatic carboxylic acids is 4. The van der Waals surface area contributed by atoms with Crippen molar-refractivity contribution in [1.29, 1.82) is 0 Å². The third-order valence-corrected chi connectivity index (χ3v) is 9.00. The van der Waals surface area contributed by atoms with Crippen LogP contribution < -0.4 is 9.97 Å². The van der Waals surface area contributed by atoms with Crippen molar-refractivity contribution in [3.05, 3.63) is 69.3 Å². The maximum atomic E-state index is 11.6. The number of hydrogen-bond acceptors (Lipinski definition) is 6. The molecule has 3 aromatic rings. The molecule has 0 aromatic carbocycles. The van der Waals surface area contributed by atoms with E-state index in [0.29, 0.717) is 44.8 Å². The fraction of sp³-hybridized carbons (Fsp3) is 0.333. The van der Waals surface area contributed by atoms with Crippen LogP contribution in [0.15, 0.2) is 24.3 Å². The molecule has 0 aliphatic carbocycles. The van der Waals surface area contributed by atoms with Gasteiger partial charge >= 0.3 is 51.2 Å². The van der Waals surface area contributed by atoms with E-state index in [0.717, 1.165) is 44.5 Å². The molecule has 250 valence electrons. The summed E-state index contributed by atoms with van der Waals surface area (Å²) in [7, 11) is 0. The minimum absolute atomic E-state index is 0. The largest absolute Gasteiger partial charge is 2.00 e. The van der Waals surface area contributed by atoms with Crippen LogP contribution in [0.5, 0.6) is 0 Å². The van der Waals surface area contributed by atoms with Crippen LogP contribution in [-0.4, -0.2) is 54.3 Å². The molecule has 5 rings (SSSR count). The molecular weight excluding hydrogens is 729 g/mol. The van der Waals surface area contributed by atoms with E-state index in [9.17, 15) is 39.6 Å². The summed E-state index contributed by atoms with van der Waals surface area (Å²) >= 11 is 0. The Labute approximate surface area is 302 Å². The molecule has 12 nitrogen and oxygen atoms in total. The Bertz CT molecular complexity index is 1960. The van der Waals surface area contributed by atoms with Crippen LogP contribution in [0.2, 0.25) is 0 Å². The second-order valence-electron chi connectivity index (χ2n) is 12.1. The average molecular weight is 765 g/mol. The van der Waals surface area contributed by atoms with Crippen LogP contribution in [-0.2, 0) is 59.3 Å². The molecule has 0 unspecified atom stereocenters. The maximum Gasteiger partial charge on any atom is 2.00 e. The SMILES string of the molecule is CC1=C(CCC(=O)O)c2cc3[n-]c(cc4nc(cc5[n-]c(cc1n2)c(CCC(=O)O)c5C)C(CCC(=O)O)=C4C)c(CCC(=O)O)c3C.[Cd+2]. The molecule has 0 radical (unpaired) electrons. The summed E-state index contributed by atoms with van der Waals surface area (Å²) in [5.74, 6) is -3.82. The van der Waals surface area contributed by atoms with Crippen molar-refractivity contribution >= 4 is 68.2 Å². The Morgan fingerprint density at radius 2 is 0.816 bits per heavy atom. The number of aromatic nitrogens is 4. The Balaban J connectivity index is 0.00000541. The summed E-state index contributed by atoms with van der Waals surface area (Å²) in [6.07, 6.45) is 0.401. The number of carbonyl (C=O) groups is 4. The molecule has 0 spiro atoms. The first-order valence-corrected chi connectivity index (χ1v) is 15.6. The second-order valence-corrected chi connectivity index (χ2v) is 12.1. The van der Waals surface area contributed by atoms with E-state index in [1.165, 1.54) is 0 Å². The first-order valence-electron chi connectivity index (χ1n) is 15.6. The van der Waals surface area contributed by atoms with Crippen LogP contribution in [0.3, 0.4) is 0 Å². The van der Waals surface area contributed by atoms with E-state index in [1.54, 1.807) is 24.3 Å². The zero-order valence-electron chi connectivity index (χ0n) is 27.9. The van der Waals surface area contributed by atoms with Crippen molar-refractivity contribution in [1.82, 2.24) is 19.9 Å². The molecule has 13 heteroatoms. The van der Waals surface area contributed by atoms with Gasteiger partial charge in [-0.3, -0.25) is 19.2 Å². The molecule has 49 heavy (non-hydrogen) atoms. The maximum absolute atomic E-state index is 11.6. The third-order valence-electron chi connectivity index (χ3n) is 9.00. The van der Waals surface area contributed by atoms with E-state index >= 15 is 0 Å².